The maximum absolute atomic E-state index is 5.87. The minimum Gasteiger partial charge on any atom is -0.436 e. The molecule has 6 rings (SSSR count). The largest absolute Gasteiger partial charge is 0.436 e. The second kappa shape index (κ2) is 5.09. The van der Waals surface area contributed by atoms with Crippen LogP contribution in [0.5, 0.6) is 0 Å². The lowest BCUT2D eigenvalue weighted by Gasteiger charge is -2.02. The van der Waals surface area contributed by atoms with Crippen LogP contribution in [0.1, 0.15) is 0 Å². The minimum atomic E-state index is 0.567. The highest BCUT2D eigenvalue weighted by Crippen LogP contribution is 2.36. The van der Waals surface area contributed by atoms with Crippen molar-refractivity contribution in [1.29, 1.82) is 0 Å². The van der Waals surface area contributed by atoms with Crippen molar-refractivity contribution >= 4 is 53.8 Å². The molecule has 0 aliphatic heterocycles. The smallest absolute Gasteiger partial charge is 0.246 e. The molecule has 0 aliphatic carbocycles. The van der Waals surface area contributed by atoms with Gasteiger partial charge in [0.25, 0.3) is 0 Å². The van der Waals surface area contributed by atoms with E-state index in [-0.39, 0.29) is 0 Å². The molecule has 26 heavy (non-hydrogen) atoms. The van der Waals surface area contributed by atoms with Crippen LogP contribution in [0.2, 0.25) is 0 Å². The van der Waals surface area contributed by atoms with Gasteiger partial charge in [-0.05, 0) is 29.8 Å². The molecule has 0 fully saturated rings. The molecule has 0 aliphatic rings. The first-order valence-electron chi connectivity index (χ1n) is 8.28. The van der Waals surface area contributed by atoms with Gasteiger partial charge in [-0.15, -0.1) is 11.3 Å². The summed E-state index contributed by atoms with van der Waals surface area (Å²) < 4.78 is 7.13. The van der Waals surface area contributed by atoms with Gasteiger partial charge in [0, 0.05) is 45.0 Å². The summed E-state index contributed by atoms with van der Waals surface area (Å²) in [4.78, 5) is 14.4. The highest BCUT2D eigenvalue weighted by atomic mass is 32.1. The zero-order chi connectivity index (χ0) is 17.1. The van der Waals surface area contributed by atoms with E-state index in [1.165, 1.54) is 15.5 Å². The average molecular weight is 353 g/mol. The van der Waals surface area contributed by atoms with Crippen molar-refractivity contribution in [3.05, 3.63) is 67.1 Å². The van der Waals surface area contributed by atoms with Gasteiger partial charge in [0.1, 0.15) is 15.9 Å². The van der Waals surface area contributed by atoms with Crippen LogP contribution >= 0.6 is 11.3 Å². The summed E-state index contributed by atoms with van der Waals surface area (Å²) in [6.45, 7) is 0. The van der Waals surface area contributed by atoms with Crippen LogP contribution in [0.25, 0.3) is 53.6 Å². The van der Waals surface area contributed by atoms with Crippen molar-refractivity contribution in [1.82, 2.24) is 15.0 Å². The molecule has 122 valence electrons. The summed E-state index contributed by atoms with van der Waals surface area (Å²) in [6, 6.07) is 16.8. The Morgan fingerprint density at radius 1 is 0.769 bits per heavy atom. The second-order valence-electron chi connectivity index (χ2n) is 6.20. The quantitative estimate of drug-likeness (QED) is 0.374. The third-order valence-electron chi connectivity index (χ3n) is 4.68. The summed E-state index contributed by atoms with van der Waals surface area (Å²) in [5.41, 5.74) is 4.30. The first-order chi connectivity index (χ1) is 12.9. The zero-order valence-electron chi connectivity index (χ0n) is 13.5. The van der Waals surface area contributed by atoms with Crippen LogP contribution in [0.3, 0.4) is 0 Å². The van der Waals surface area contributed by atoms with E-state index >= 15 is 0 Å². The summed E-state index contributed by atoms with van der Waals surface area (Å²) in [7, 11) is 0. The SMILES string of the molecule is c1ccc2c(c1)sc1ncc(-c3ccc4c(c3)oc3nccnc34)cc12. The summed E-state index contributed by atoms with van der Waals surface area (Å²) in [5, 5.41) is 3.42. The Hall–Kier alpha value is -3.31. The van der Waals surface area contributed by atoms with E-state index in [9.17, 15) is 0 Å². The normalized spacial score (nSPS) is 11.8. The van der Waals surface area contributed by atoms with Gasteiger partial charge in [0.15, 0.2) is 0 Å². The van der Waals surface area contributed by atoms with E-state index in [1.54, 1.807) is 23.7 Å². The van der Waals surface area contributed by atoms with Gasteiger partial charge in [0.2, 0.25) is 5.71 Å². The Labute approximate surface area is 151 Å². The van der Waals surface area contributed by atoms with E-state index in [2.05, 4.69) is 51.4 Å². The van der Waals surface area contributed by atoms with Crippen molar-refractivity contribution < 1.29 is 4.42 Å². The predicted molar refractivity (Wildman–Crippen MR) is 105 cm³/mol. The summed E-state index contributed by atoms with van der Waals surface area (Å²) in [6.07, 6.45) is 5.26. The molecule has 0 spiro atoms. The molecule has 4 heterocycles. The molecule has 0 bridgehead atoms. The molecule has 0 amide bonds. The second-order valence-corrected chi connectivity index (χ2v) is 7.23. The van der Waals surface area contributed by atoms with Gasteiger partial charge in [-0.25, -0.2) is 15.0 Å². The molecule has 0 unspecified atom stereocenters. The maximum atomic E-state index is 5.87. The number of thiophene rings is 1. The zero-order valence-corrected chi connectivity index (χ0v) is 14.3. The Morgan fingerprint density at radius 3 is 2.69 bits per heavy atom. The van der Waals surface area contributed by atoms with Crippen LogP contribution < -0.4 is 0 Å². The molecule has 0 saturated heterocycles. The van der Waals surface area contributed by atoms with Crippen molar-refractivity contribution in [3.63, 3.8) is 0 Å². The molecule has 4 nitrogen and oxygen atoms in total. The third-order valence-corrected chi connectivity index (χ3v) is 5.77. The molecule has 2 aromatic carbocycles. The summed E-state index contributed by atoms with van der Waals surface area (Å²) in [5.74, 6) is 0. The number of rotatable bonds is 1. The van der Waals surface area contributed by atoms with Gasteiger partial charge in [-0.3, -0.25) is 0 Å². The fourth-order valence-electron chi connectivity index (χ4n) is 3.44. The molecule has 0 radical (unpaired) electrons. The van der Waals surface area contributed by atoms with Gasteiger partial charge in [-0.1, -0.05) is 24.3 Å². The fourth-order valence-corrected chi connectivity index (χ4v) is 4.46. The first-order valence-corrected chi connectivity index (χ1v) is 9.09. The van der Waals surface area contributed by atoms with Crippen molar-refractivity contribution in [3.8, 4) is 11.1 Å². The van der Waals surface area contributed by atoms with E-state index in [0.717, 1.165) is 32.4 Å². The number of pyridine rings is 1. The molecule has 4 aromatic heterocycles. The number of benzene rings is 2. The Bertz CT molecular complexity index is 1450. The molecule has 0 saturated carbocycles. The van der Waals surface area contributed by atoms with Crippen molar-refractivity contribution in [2.45, 2.75) is 0 Å². The molecule has 5 heteroatoms. The number of fused-ring (bicyclic) bond motifs is 6. The van der Waals surface area contributed by atoms with E-state index in [4.69, 9.17) is 4.42 Å². The van der Waals surface area contributed by atoms with Crippen LogP contribution in [0.4, 0.5) is 0 Å². The molecule has 0 N–H and O–H groups in total. The highest BCUT2D eigenvalue weighted by molar-refractivity contribution is 7.25. The lowest BCUT2D eigenvalue weighted by molar-refractivity contribution is 0.653. The lowest BCUT2D eigenvalue weighted by atomic mass is 10.0. The van der Waals surface area contributed by atoms with E-state index in [1.807, 2.05) is 18.3 Å². The van der Waals surface area contributed by atoms with Crippen LogP contribution in [-0.4, -0.2) is 15.0 Å². The minimum absolute atomic E-state index is 0.567. The van der Waals surface area contributed by atoms with Gasteiger partial charge in [-0.2, -0.15) is 0 Å². The number of furan rings is 1. The molecule has 6 aromatic rings. The van der Waals surface area contributed by atoms with Crippen molar-refractivity contribution in [2.24, 2.45) is 0 Å². The molecular weight excluding hydrogens is 342 g/mol. The fraction of sp³-hybridized carbons (Fsp3) is 0. The Morgan fingerprint density at radius 2 is 1.69 bits per heavy atom. The third kappa shape index (κ3) is 1.92. The standard InChI is InChI=1S/C21H11N3OS/c1-2-4-18-14(3-1)16-9-13(11-24-21(16)26-18)12-5-6-15-17(10-12)25-20-19(15)22-7-8-23-20/h1-11H. The Balaban J connectivity index is 1.59. The maximum Gasteiger partial charge on any atom is 0.246 e. The van der Waals surface area contributed by atoms with Gasteiger partial charge in [0.05, 0.1) is 0 Å². The van der Waals surface area contributed by atoms with Crippen LogP contribution in [-0.2, 0) is 0 Å². The monoisotopic (exact) mass is 353 g/mol. The highest BCUT2D eigenvalue weighted by Gasteiger charge is 2.12. The number of nitrogens with zero attached hydrogens (tertiary/aromatic N) is 3. The summed E-state index contributed by atoms with van der Waals surface area (Å²) >= 11 is 1.72. The van der Waals surface area contributed by atoms with Crippen LogP contribution in [0, 0.1) is 0 Å². The molecular formula is C21H11N3OS. The van der Waals surface area contributed by atoms with E-state index in [0.29, 0.717) is 5.71 Å². The van der Waals surface area contributed by atoms with Gasteiger partial charge >= 0.3 is 0 Å². The lowest BCUT2D eigenvalue weighted by Crippen LogP contribution is -1.81. The number of aromatic nitrogens is 3. The average Bonchev–Trinajstić information content (AvgIpc) is 3.25. The number of hydrogen-bond donors (Lipinski definition) is 0. The van der Waals surface area contributed by atoms with Crippen LogP contribution in [0.15, 0.2) is 71.5 Å². The predicted octanol–water partition coefficient (Wildman–Crippen LogP) is 5.81. The topological polar surface area (TPSA) is 51.8 Å². The van der Waals surface area contributed by atoms with Gasteiger partial charge < -0.3 is 4.42 Å². The van der Waals surface area contributed by atoms with Crippen molar-refractivity contribution in [2.75, 3.05) is 0 Å². The first kappa shape index (κ1) is 13.9. The van der Waals surface area contributed by atoms with E-state index < -0.39 is 0 Å². The molecule has 0 atom stereocenters. The Kier molecular flexibility index (Phi) is 2.73. The number of hydrogen-bond acceptors (Lipinski definition) is 5.